The van der Waals surface area contributed by atoms with E-state index in [4.69, 9.17) is 0 Å². The number of phenolic OH excluding ortho intramolecular Hbond substituents is 1. The summed E-state index contributed by atoms with van der Waals surface area (Å²) in [6.07, 6.45) is 0. The predicted molar refractivity (Wildman–Crippen MR) is 130 cm³/mol. The average Bonchev–Trinajstić information content (AvgIpc) is 2.80. The van der Waals surface area contributed by atoms with Gasteiger partial charge in [-0.25, -0.2) is 0 Å². The fourth-order valence-electron chi connectivity index (χ4n) is 3.88. The van der Waals surface area contributed by atoms with Crippen molar-refractivity contribution in [1.29, 1.82) is 0 Å². The van der Waals surface area contributed by atoms with Crippen LogP contribution in [0.4, 0.5) is 22.7 Å². The Kier molecular flexibility index (Phi) is 4.99. The first-order chi connectivity index (χ1) is 15.3. The van der Waals surface area contributed by atoms with Crippen molar-refractivity contribution in [3.8, 4) is 16.9 Å². The second-order valence-corrected chi connectivity index (χ2v) is 7.42. The molecule has 31 heavy (non-hydrogen) atoms. The van der Waals surface area contributed by atoms with Crippen LogP contribution in [0.1, 0.15) is 0 Å². The van der Waals surface area contributed by atoms with E-state index >= 15 is 0 Å². The number of aromatic hydroxyl groups is 1. The highest BCUT2D eigenvalue weighted by Crippen LogP contribution is 2.42. The summed E-state index contributed by atoms with van der Waals surface area (Å²) in [5, 5.41) is 19.4. The zero-order valence-corrected chi connectivity index (χ0v) is 16.9. The average molecular weight is 402 g/mol. The first-order valence-corrected chi connectivity index (χ1v) is 10.3. The van der Waals surface area contributed by atoms with Crippen LogP contribution in [0.5, 0.6) is 5.75 Å². The van der Waals surface area contributed by atoms with Crippen molar-refractivity contribution < 1.29 is 5.11 Å². The van der Waals surface area contributed by atoms with E-state index in [9.17, 15) is 5.11 Å². The molecule has 0 saturated carbocycles. The molecular formula is C28H22N2O. The molecule has 0 bridgehead atoms. The van der Waals surface area contributed by atoms with Gasteiger partial charge in [0.2, 0.25) is 0 Å². The van der Waals surface area contributed by atoms with Crippen LogP contribution in [0.3, 0.4) is 0 Å². The molecule has 3 N–H and O–H groups in total. The molecule has 0 fully saturated rings. The van der Waals surface area contributed by atoms with Gasteiger partial charge >= 0.3 is 0 Å². The van der Waals surface area contributed by atoms with Gasteiger partial charge in [-0.1, -0.05) is 66.7 Å². The summed E-state index contributed by atoms with van der Waals surface area (Å²) in [5.74, 6) is 0.256. The zero-order chi connectivity index (χ0) is 21.0. The topological polar surface area (TPSA) is 44.3 Å². The van der Waals surface area contributed by atoms with Crippen LogP contribution in [-0.2, 0) is 0 Å². The number of fused-ring (bicyclic) bond motifs is 1. The van der Waals surface area contributed by atoms with Crippen LogP contribution in [0, 0.1) is 0 Å². The summed E-state index contributed by atoms with van der Waals surface area (Å²) in [6.45, 7) is 0. The van der Waals surface area contributed by atoms with E-state index in [0.717, 1.165) is 44.6 Å². The number of para-hydroxylation sites is 2. The molecule has 0 aliphatic rings. The molecule has 0 spiro atoms. The molecule has 0 radical (unpaired) electrons. The molecule has 5 aromatic carbocycles. The van der Waals surface area contributed by atoms with Crippen molar-refractivity contribution in [1.82, 2.24) is 0 Å². The number of anilines is 4. The number of rotatable bonds is 5. The molecule has 0 atom stereocenters. The molecule has 0 aliphatic carbocycles. The van der Waals surface area contributed by atoms with Crippen LogP contribution in [0.2, 0.25) is 0 Å². The Balaban J connectivity index is 1.72. The van der Waals surface area contributed by atoms with Crippen molar-refractivity contribution in [3.05, 3.63) is 115 Å². The maximum atomic E-state index is 10.2. The van der Waals surface area contributed by atoms with Crippen molar-refractivity contribution in [2.24, 2.45) is 0 Å². The van der Waals surface area contributed by atoms with Gasteiger partial charge in [0.05, 0.1) is 0 Å². The van der Waals surface area contributed by atoms with E-state index in [1.165, 1.54) is 0 Å². The van der Waals surface area contributed by atoms with Crippen LogP contribution in [-0.4, -0.2) is 5.11 Å². The van der Waals surface area contributed by atoms with E-state index < -0.39 is 0 Å². The Labute approximate surface area is 181 Å². The minimum atomic E-state index is 0.256. The molecule has 0 heterocycles. The minimum Gasteiger partial charge on any atom is -0.508 e. The molecule has 0 amide bonds. The van der Waals surface area contributed by atoms with Crippen molar-refractivity contribution in [2.45, 2.75) is 0 Å². The van der Waals surface area contributed by atoms with Gasteiger partial charge in [0.1, 0.15) is 5.75 Å². The van der Waals surface area contributed by atoms with E-state index in [1.54, 1.807) is 6.07 Å². The van der Waals surface area contributed by atoms with Crippen LogP contribution >= 0.6 is 0 Å². The fourth-order valence-corrected chi connectivity index (χ4v) is 3.88. The van der Waals surface area contributed by atoms with Gasteiger partial charge < -0.3 is 15.7 Å². The lowest BCUT2D eigenvalue weighted by atomic mass is 9.95. The standard InChI is InChI=1S/C28H22N2O/c31-23-18-17-20-9-7-14-24(25(20)19-23)28-26(29-21-10-3-1-4-11-21)15-8-16-27(28)30-22-12-5-2-6-13-22/h1-19,29-31H. The maximum absolute atomic E-state index is 10.2. The van der Waals surface area contributed by atoms with Gasteiger partial charge in [0.25, 0.3) is 0 Å². The van der Waals surface area contributed by atoms with Crippen LogP contribution in [0.25, 0.3) is 21.9 Å². The number of hydrogen-bond acceptors (Lipinski definition) is 3. The molecule has 5 aromatic rings. The largest absolute Gasteiger partial charge is 0.508 e. The summed E-state index contributed by atoms with van der Waals surface area (Å²) >= 11 is 0. The summed E-state index contributed by atoms with van der Waals surface area (Å²) in [4.78, 5) is 0. The van der Waals surface area contributed by atoms with E-state index in [1.807, 2.05) is 54.6 Å². The highest BCUT2D eigenvalue weighted by Gasteiger charge is 2.15. The van der Waals surface area contributed by atoms with Crippen molar-refractivity contribution >= 4 is 33.5 Å². The second-order valence-electron chi connectivity index (χ2n) is 7.42. The van der Waals surface area contributed by atoms with E-state index in [2.05, 4.69) is 65.2 Å². The normalized spacial score (nSPS) is 10.7. The fraction of sp³-hybridized carbons (Fsp3) is 0. The van der Waals surface area contributed by atoms with Crippen molar-refractivity contribution in [3.63, 3.8) is 0 Å². The summed E-state index contributed by atoms with van der Waals surface area (Å²) in [7, 11) is 0. The summed E-state index contributed by atoms with van der Waals surface area (Å²) in [6, 6.07) is 38.2. The minimum absolute atomic E-state index is 0.256. The lowest BCUT2D eigenvalue weighted by Crippen LogP contribution is -1.99. The van der Waals surface area contributed by atoms with Gasteiger partial charge in [0, 0.05) is 28.3 Å². The number of benzene rings is 5. The monoisotopic (exact) mass is 402 g/mol. The molecule has 0 saturated heterocycles. The third-order valence-corrected chi connectivity index (χ3v) is 5.31. The second kappa shape index (κ2) is 8.25. The quantitative estimate of drug-likeness (QED) is 0.282. The molecular weight excluding hydrogens is 380 g/mol. The first kappa shape index (κ1) is 18.8. The molecule has 0 aromatic heterocycles. The molecule has 3 heteroatoms. The zero-order valence-electron chi connectivity index (χ0n) is 16.9. The molecule has 0 unspecified atom stereocenters. The Morgan fingerprint density at radius 3 is 1.71 bits per heavy atom. The highest BCUT2D eigenvalue weighted by molar-refractivity contribution is 6.04. The lowest BCUT2D eigenvalue weighted by Gasteiger charge is -2.19. The van der Waals surface area contributed by atoms with Crippen LogP contribution in [0.15, 0.2) is 115 Å². The Bertz CT molecular complexity index is 1270. The first-order valence-electron chi connectivity index (χ1n) is 10.3. The molecule has 0 aliphatic heterocycles. The van der Waals surface area contributed by atoms with Gasteiger partial charge in [-0.15, -0.1) is 0 Å². The lowest BCUT2D eigenvalue weighted by molar-refractivity contribution is 0.476. The van der Waals surface area contributed by atoms with Gasteiger partial charge in [-0.05, 0) is 64.9 Å². The number of nitrogens with one attached hydrogen (secondary N) is 2. The Hall–Kier alpha value is -4.24. The number of hydrogen-bond donors (Lipinski definition) is 3. The maximum Gasteiger partial charge on any atom is 0.116 e. The van der Waals surface area contributed by atoms with E-state index in [-0.39, 0.29) is 5.75 Å². The SMILES string of the molecule is Oc1ccc2cccc(-c3c(Nc4ccccc4)cccc3Nc3ccccc3)c2c1. The van der Waals surface area contributed by atoms with Gasteiger partial charge in [-0.2, -0.15) is 0 Å². The Morgan fingerprint density at radius 1 is 0.516 bits per heavy atom. The molecule has 5 rings (SSSR count). The highest BCUT2D eigenvalue weighted by atomic mass is 16.3. The van der Waals surface area contributed by atoms with Gasteiger partial charge in [-0.3, -0.25) is 0 Å². The van der Waals surface area contributed by atoms with Crippen LogP contribution < -0.4 is 10.6 Å². The van der Waals surface area contributed by atoms with E-state index in [0.29, 0.717) is 0 Å². The molecule has 3 nitrogen and oxygen atoms in total. The smallest absolute Gasteiger partial charge is 0.116 e. The van der Waals surface area contributed by atoms with Crippen molar-refractivity contribution in [2.75, 3.05) is 10.6 Å². The summed E-state index contributed by atoms with van der Waals surface area (Å²) < 4.78 is 0. The van der Waals surface area contributed by atoms with Gasteiger partial charge in [0.15, 0.2) is 0 Å². The number of phenols is 1. The third-order valence-electron chi connectivity index (χ3n) is 5.31. The third kappa shape index (κ3) is 3.94. The predicted octanol–water partition coefficient (Wildman–Crippen LogP) is 7.70. The molecule has 150 valence electrons. The Morgan fingerprint density at radius 2 is 1.10 bits per heavy atom. The summed E-state index contributed by atoms with van der Waals surface area (Å²) in [5.41, 5.74) is 6.11.